The maximum atomic E-state index is 12.3. The van der Waals surface area contributed by atoms with Crippen LogP contribution in [0.25, 0.3) is 6.08 Å². The van der Waals surface area contributed by atoms with E-state index >= 15 is 0 Å². The van der Waals surface area contributed by atoms with Crippen molar-refractivity contribution in [2.75, 3.05) is 0 Å². The van der Waals surface area contributed by atoms with E-state index in [9.17, 15) is 4.79 Å². The predicted molar refractivity (Wildman–Crippen MR) is 95.6 cm³/mol. The first-order valence-electron chi connectivity index (χ1n) is 7.55. The van der Waals surface area contributed by atoms with Gasteiger partial charge in [0.15, 0.2) is 0 Å². The summed E-state index contributed by atoms with van der Waals surface area (Å²) in [6.07, 6.45) is 4.81. The molecule has 3 rings (SSSR count). The van der Waals surface area contributed by atoms with Crippen LogP contribution in [0, 0.1) is 0 Å². The van der Waals surface area contributed by atoms with Crippen molar-refractivity contribution in [2.45, 2.75) is 6.04 Å². The maximum Gasteiger partial charge on any atom is 0.244 e. The molecule has 0 fully saturated rings. The summed E-state index contributed by atoms with van der Waals surface area (Å²) in [7, 11) is 0. The zero-order chi connectivity index (χ0) is 16.8. The first kappa shape index (κ1) is 16.1. The molecule has 1 aromatic heterocycles. The molecule has 120 valence electrons. The fraction of sp³-hybridized carbons (Fsp3) is 0.0500. The second-order valence-corrected chi connectivity index (χ2v) is 5.69. The number of halogens is 1. The Morgan fingerprint density at radius 1 is 1.04 bits per heavy atom. The van der Waals surface area contributed by atoms with Crippen molar-refractivity contribution >= 4 is 23.6 Å². The van der Waals surface area contributed by atoms with Crippen LogP contribution in [0.3, 0.4) is 0 Å². The van der Waals surface area contributed by atoms with Crippen LogP contribution in [-0.2, 0) is 4.79 Å². The molecule has 0 radical (unpaired) electrons. The molecule has 0 saturated heterocycles. The number of nitrogens with one attached hydrogen (secondary N) is 1. The van der Waals surface area contributed by atoms with Crippen LogP contribution >= 0.6 is 11.6 Å². The average Bonchev–Trinajstić information content (AvgIpc) is 3.13. The summed E-state index contributed by atoms with van der Waals surface area (Å²) in [5, 5.41) is 3.60. The Balaban J connectivity index is 1.77. The zero-order valence-electron chi connectivity index (χ0n) is 12.9. The molecule has 1 atom stereocenters. The third-order valence-electron chi connectivity index (χ3n) is 3.52. The molecule has 0 saturated carbocycles. The van der Waals surface area contributed by atoms with Crippen LogP contribution < -0.4 is 5.32 Å². The smallest absolute Gasteiger partial charge is 0.244 e. The van der Waals surface area contributed by atoms with Crippen molar-refractivity contribution in [1.82, 2.24) is 5.32 Å². The SMILES string of the molecule is O=C(/C=C/c1cccc(Cl)c1)N[C@H](c1ccccc1)c1ccco1. The molecule has 1 heterocycles. The molecule has 0 spiro atoms. The van der Waals surface area contributed by atoms with Crippen LogP contribution in [0.2, 0.25) is 5.02 Å². The van der Waals surface area contributed by atoms with E-state index < -0.39 is 0 Å². The predicted octanol–water partition coefficient (Wildman–Crippen LogP) is 4.85. The number of carbonyl (C=O) groups is 1. The molecule has 0 bridgehead atoms. The highest BCUT2D eigenvalue weighted by Crippen LogP contribution is 2.22. The van der Waals surface area contributed by atoms with Crippen molar-refractivity contribution < 1.29 is 9.21 Å². The topological polar surface area (TPSA) is 42.2 Å². The molecule has 0 aliphatic rings. The number of benzene rings is 2. The highest BCUT2D eigenvalue weighted by atomic mass is 35.5. The molecular weight excluding hydrogens is 322 g/mol. The van der Waals surface area contributed by atoms with Gasteiger partial charge in [0, 0.05) is 11.1 Å². The third-order valence-corrected chi connectivity index (χ3v) is 3.76. The molecule has 3 nitrogen and oxygen atoms in total. The lowest BCUT2D eigenvalue weighted by molar-refractivity contribution is -0.117. The molecule has 2 aromatic carbocycles. The van der Waals surface area contributed by atoms with E-state index in [2.05, 4.69) is 5.32 Å². The monoisotopic (exact) mass is 337 g/mol. The van der Waals surface area contributed by atoms with Gasteiger partial charge in [-0.1, -0.05) is 54.1 Å². The van der Waals surface area contributed by atoms with Gasteiger partial charge in [-0.05, 0) is 41.5 Å². The summed E-state index contributed by atoms with van der Waals surface area (Å²) in [5.41, 5.74) is 1.82. The largest absolute Gasteiger partial charge is 0.467 e. The number of carbonyl (C=O) groups excluding carboxylic acids is 1. The maximum absolute atomic E-state index is 12.3. The number of rotatable bonds is 5. The molecule has 0 aliphatic carbocycles. The molecule has 1 N–H and O–H groups in total. The van der Waals surface area contributed by atoms with E-state index in [1.54, 1.807) is 30.5 Å². The summed E-state index contributed by atoms with van der Waals surface area (Å²) < 4.78 is 5.47. The van der Waals surface area contributed by atoms with Crippen molar-refractivity contribution in [3.05, 3.63) is 101 Å². The Morgan fingerprint density at radius 3 is 2.58 bits per heavy atom. The number of furan rings is 1. The Labute approximate surface area is 145 Å². The molecule has 3 aromatic rings. The first-order chi connectivity index (χ1) is 11.7. The lowest BCUT2D eigenvalue weighted by atomic mass is 10.0. The van der Waals surface area contributed by atoms with Gasteiger partial charge in [0.1, 0.15) is 11.8 Å². The van der Waals surface area contributed by atoms with E-state index in [1.807, 2.05) is 48.5 Å². The van der Waals surface area contributed by atoms with Crippen molar-refractivity contribution in [3.8, 4) is 0 Å². The standard InChI is InChI=1S/C20H16ClNO2/c21-17-9-4-6-15(14-17)11-12-19(23)22-20(18-10-5-13-24-18)16-7-2-1-3-8-16/h1-14,20H,(H,22,23)/b12-11+/t20-/m1/s1. The van der Waals surface area contributed by atoms with Crippen LogP contribution in [-0.4, -0.2) is 5.91 Å². The molecule has 0 aliphatic heterocycles. The summed E-state index contributed by atoms with van der Waals surface area (Å²) in [6.45, 7) is 0. The second-order valence-electron chi connectivity index (χ2n) is 5.26. The minimum absolute atomic E-state index is 0.208. The van der Waals surface area contributed by atoms with Gasteiger partial charge in [0.05, 0.1) is 6.26 Å². The normalized spacial score (nSPS) is 12.2. The fourth-order valence-corrected chi connectivity index (χ4v) is 2.59. The third kappa shape index (κ3) is 4.15. The van der Waals surface area contributed by atoms with Gasteiger partial charge < -0.3 is 9.73 Å². The minimum atomic E-state index is -0.335. The second kappa shape index (κ2) is 7.66. The van der Waals surface area contributed by atoms with Crippen molar-refractivity contribution in [1.29, 1.82) is 0 Å². The highest BCUT2D eigenvalue weighted by molar-refractivity contribution is 6.30. The van der Waals surface area contributed by atoms with Gasteiger partial charge in [-0.3, -0.25) is 4.79 Å². The van der Waals surface area contributed by atoms with Gasteiger partial charge in [-0.15, -0.1) is 0 Å². The summed E-state index contributed by atoms with van der Waals surface area (Å²) in [5.74, 6) is 0.478. The van der Waals surface area contributed by atoms with E-state index in [4.69, 9.17) is 16.0 Å². The van der Waals surface area contributed by atoms with Gasteiger partial charge in [0.25, 0.3) is 0 Å². The van der Waals surface area contributed by atoms with Gasteiger partial charge >= 0.3 is 0 Å². The van der Waals surface area contributed by atoms with Gasteiger partial charge in [0.2, 0.25) is 5.91 Å². The first-order valence-corrected chi connectivity index (χ1v) is 7.92. The number of hydrogen-bond acceptors (Lipinski definition) is 2. The molecule has 4 heteroatoms. The van der Waals surface area contributed by atoms with Crippen LogP contribution in [0.1, 0.15) is 22.9 Å². The van der Waals surface area contributed by atoms with E-state index in [1.165, 1.54) is 6.08 Å². The fourth-order valence-electron chi connectivity index (χ4n) is 2.39. The Kier molecular flexibility index (Phi) is 5.14. The van der Waals surface area contributed by atoms with Gasteiger partial charge in [-0.25, -0.2) is 0 Å². The Hall–Kier alpha value is -2.78. The van der Waals surface area contributed by atoms with Crippen molar-refractivity contribution in [2.24, 2.45) is 0 Å². The summed E-state index contributed by atoms with van der Waals surface area (Å²) >= 11 is 5.95. The lowest BCUT2D eigenvalue weighted by Gasteiger charge is -2.16. The Bertz CT molecular complexity index is 826. The van der Waals surface area contributed by atoms with E-state index in [0.717, 1.165) is 11.1 Å². The van der Waals surface area contributed by atoms with Crippen molar-refractivity contribution in [3.63, 3.8) is 0 Å². The molecule has 0 unspecified atom stereocenters. The van der Waals surface area contributed by atoms with Crippen LogP contribution in [0.5, 0.6) is 0 Å². The quantitative estimate of drug-likeness (QED) is 0.676. The zero-order valence-corrected chi connectivity index (χ0v) is 13.6. The van der Waals surface area contributed by atoms with Crippen LogP contribution in [0.4, 0.5) is 0 Å². The van der Waals surface area contributed by atoms with E-state index in [-0.39, 0.29) is 11.9 Å². The minimum Gasteiger partial charge on any atom is -0.467 e. The van der Waals surface area contributed by atoms with E-state index in [0.29, 0.717) is 10.8 Å². The Morgan fingerprint density at radius 2 is 1.88 bits per heavy atom. The highest BCUT2D eigenvalue weighted by Gasteiger charge is 2.17. The lowest BCUT2D eigenvalue weighted by Crippen LogP contribution is -2.27. The summed E-state index contributed by atoms with van der Waals surface area (Å²) in [4.78, 5) is 12.3. The van der Waals surface area contributed by atoms with Gasteiger partial charge in [-0.2, -0.15) is 0 Å². The number of amides is 1. The summed E-state index contributed by atoms with van der Waals surface area (Å²) in [6, 6.07) is 20.3. The molecule has 1 amide bonds. The average molecular weight is 338 g/mol. The number of hydrogen-bond donors (Lipinski definition) is 1. The molecular formula is C20H16ClNO2. The van der Waals surface area contributed by atoms with Crippen LogP contribution in [0.15, 0.2) is 83.5 Å². The molecule has 24 heavy (non-hydrogen) atoms.